The molecule has 1 aromatic rings. The number of nitrogens with zero attached hydrogens (tertiary/aromatic N) is 4. The molecule has 0 bridgehead atoms. The molecule has 0 radical (unpaired) electrons. The molecule has 1 aromatic heterocycles. The predicted octanol–water partition coefficient (Wildman–Crippen LogP) is 0.544. The van der Waals surface area contributed by atoms with Crippen LogP contribution in [0.15, 0.2) is 0 Å². The highest BCUT2D eigenvalue weighted by Gasteiger charge is 2.29. The molecule has 2 rings (SSSR count). The van der Waals surface area contributed by atoms with Gasteiger partial charge in [-0.25, -0.2) is 4.68 Å². The molecular formula is C12H21N5O3. The molecule has 2 heterocycles. The van der Waals surface area contributed by atoms with Gasteiger partial charge in [0.15, 0.2) is 0 Å². The minimum absolute atomic E-state index is 0.0360. The average Bonchev–Trinajstić information content (AvgIpc) is 2.76. The van der Waals surface area contributed by atoms with Crippen LogP contribution in [0.4, 0.5) is 11.5 Å². The minimum atomic E-state index is -0.361. The lowest BCUT2D eigenvalue weighted by Gasteiger charge is -2.28. The first-order valence-electron chi connectivity index (χ1n) is 6.79. The van der Waals surface area contributed by atoms with E-state index in [2.05, 4.69) is 10.4 Å². The van der Waals surface area contributed by atoms with Gasteiger partial charge >= 0.3 is 5.69 Å². The molecule has 1 aliphatic rings. The third-order valence-electron chi connectivity index (χ3n) is 3.40. The molecule has 0 amide bonds. The summed E-state index contributed by atoms with van der Waals surface area (Å²) >= 11 is 0. The third kappa shape index (κ3) is 2.91. The zero-order valence-corrected chi connectivity index (χ0v) is 12.1. The average molecular weight is 283 g/mol. The Labute approximate surface area is 117 Å². The summed E-state index contributed by atoms with van der Waals surface area (Å²) in [5.74, 6) is 0.546. The molecule has 20 heavy (non-hydrogen) atoms. The van der Waals surface area contributed by atoms with Crippen molar-refractivity contribution in [2.24, 2.45) is 0 Å². The van der Waals surface area contributed by atoms with Crippen LogP contribution in [0, 0.1) is 17.0 Å². The molecule has 0 saturated carbocycles. The number of nitro groups is 1. The van der Waals surface area contributed by atoms with Gasteiger partial charge in [-0.05, 0) is 13.8 Å². The molecule has 1 unspecified atom stereocenters. The van der Waals surface area contributed by atoms with Gasteiger partial charge in [0.2, 0.25) is 5.82 Å². The van der Waals surface area contributed by atoms with Gasteiger partial charge in [0.25, 0.3) is 0 Å². The van der Waals surface area contributed by atoms with Crippen molar-refractivity contribution in [2.45, 2.75) is 26.5 Å². The lowest BCUT2D eigenvalue weighted by atomic mass is 10.2. The number of hydrogen-bond acceptors (Lipinski definition) is 6. The van der Waals surface area contributed by atoms with E-state index < -0.39 is 0 Å². The van der Waals surface area contributed by atoms with Gasteiger partial charge in [-0.1, -0.05) is 0 Å². The van der Waals surface area contributed by atoms with Crippen LogP contribution >= 0.6 is 0 Å². The van der Waals surface area contributed by atoms with E-state index in [1.54, 1.807) is 11.6 Å². The zero-order valence-electron chi connectivity index (χ0n) is 12.1. The standard InChI is InChI=1S/C12H21N5O3/c1-4-16-12(11(17(18)19)9(2)14-16)15(3)8-10-7-13-5-6-20-10/h10,13H,4-8H2,1-3H3. The van der Waals surface area contributed by atoms with E-state index in [9.17, 15) is 10.1 Å². The topological polar surface area (TPSA) is 85.5 Å². The number of aryl methyl sites for hydroxylation is 2. The van der Waals surface area contributed by atoms with E-state index in [-0.39, 0.29) is 16.7 Å². The number of aromatic nitrogens is 2. The molecule has 0 spiro atoms. The smallest absolute Gasteiger partial charge is 0.333 e. The Morgan fingerprint density at radius 2 is 2.40 bits per heavy atom. The maximum absolute atomic E-state index is 11.3. The number of nitrogens with one attached hydrogen (secondary N) is 1. The van der Waals surface area contributed by atoms with Crippen LogP contribution in [0.3, 0.4) is 0 Å². The van der Waals surface area contributed by atoms with E-state index >= 15 is 0 Å². The van der Waals surface area contributed by atoms with Gasteiger partial charge < -0.3 is 15.0 Å². The van der Waals surface area contributed by atoms with E-state index in [0.717, 1.165) is 13.1 Å². The van der Waals surface area contributed by atoms with Crippen molar-refractivity contribution in [1.29, 1.82) is 0 Å². The Kier molecular flexibility index (Phi) is 4.56. The van der Waals surface area contributed by atoms with Crippen molar-refractivity contribution in [3.8, 4) is 0 Å². The Bertz CT molecular complexity index is 482. The van der Waals surface area contributed by atoms with Crippen LogP contribution in [0.2, 0.25) is 0 Å². The van der Waals surface area contributed by atoms with Gasteiger partial charge in [-0.15, -0.1) is 0 Å². The van der Waals surface area contributed by atoms with E-state index in [1.807, 2.05) is 18.9 Å². The van der Waals surface area contributed by atoms with Crippen molar-refractivity contribution in [3.63, 3.8) is 0 Å². The summed E-state index contributed by atoms with van der Waals surface area (Å²) in [6, 6.07) is 0. The lowest BCUT2D eigenvalue weighted by Crippen LogP contribution is -2.44. The van der Waals surface area contributed by atoms with Gasteiger partial charge in [0.05, 0.1) is 17.6 Å². The van der Waals surface area contributed by atoms with E-state index in [0.29, 0.717) is 31.2 Å². The van der Waals surface area contributed by atoms with Crippen molar-refractivity contribution < 1.29 is 9.66 Å². The first-order chi connectivity index (χ1) is 9.54. The summed E-state index contributed by atoms with van der Waals surface area (Å²) in [5.41, 5.74) is 0.527. The first kappa shape index (κ1) is 14.7. The Morgan fingerprint density at radius 1 is 1.65 bits per heavy atom. The van der Waals surface area contributed by atoms with Crippen molar-refractivity contribution in [2.75, 3.05) is 38.2 Å². The van der Waals surface area contributed by atoms with Crippen LogP contribution in [-0.4, -0.2) is 54.1 Å². The molecule has 0 aliphatic carbocycles. The molecule has 1 N–H and O–H groups in total. The second-order valence-corrected chi connectivity index (χ2v) is 4.91. The molecule has 112 valence electrons. The SMILES string of the molecule is CCn1nc(C)c([N+](=O)[O-])c1N(C)CC1CNCCO1. The Balaban J connectivity index is 2.23. The third-order valence-corrected chi connectivity index (χ3v) is 3.40. The maximum Gasteiger partial charge on any atom is 0.333 e. The second kappa shape index (κ2) is 6.19. The summed E-state index contributed by atoms with van der Waals surface area (Å²) in [7, 11) is 1.84. The van der Waals surface area contributed by atoms with Gasteiger partial charge in [0.1, 0.15) is 5.69 Å². The highest BCUT2D eigenvalue weighted by molar-refractivity contribution is 5.61. The number of morpholine rings is 1. The molecule has 8 heteroatoms. The minimum Gasteiger partial charge on any atom is -0.374 e. The summed E-state index contributed by atoms with van der Waals surface area (Å²) in [6.45, 7) is 7.07. The first-order valence-corrected chi connectivity index (χ1v) is 6.79. The second-order valence-electron chi connectivity index (χ2n) is 4.91. The van der Waals surface area contributed by atoms with Crippen molar-refractivity contribution in [1.82, 2.24) is 15.1 Å². The Hall–Kier alpha value is -1.67. The highest BCUT2D eigenvalue weighted by atomic mass is 16.6. The molecular weight excluding hydrogens is 262 g/mol. The fourth-order valence-electron chi connectivity index (χ4n) is 2.50. The predicted molar refractivity (Wildman–Crippen MR) is 75.2 cm³/mol. The van der Waals surface area contributed by atoms with Gasteiger partial charge in [-0.3, -0.25) is 10.1 Å². The fourth-order valence-corrected chi connectivity index (χ4v) is 2.50. The summed E-state index contributed by atoms with van der Waals surface area (Å²) < 4.78 is 7.32. The number of hydrogen-bond donors (Lipinski definition) is 1. The summed E-state index contributed by atoms with van der Waals surface area (Å²) in [5, 5.41) is 18.7. The van der Waals surface area contributed by atoms with Crippen LogP contribution in [0.5, 0.6) is 0 Å². The van der Waals surface area contributed by atoms with Crippen molar-refractivity contribution in [3.05, 3.63) is 15.8 Å². The zero-order chi connectivity index (χ0) is 14.7. The molecule has 1 aliphatic heterocycles. The van der Waals surface area contributed by atoms with Crippen LogP contribution < -0.4 is 10.2 Å². The molecule has 8 nitrogen and oxygen atoms in total. The molecule has 1 fully saturated rings. The summed E-state index contributed by atoms with van der Waals surface area (Å²) in [6.07, 6.45) is 0.0360. The quantitative estimate of drug-likeness (QED) is 0.627. The van der Waals surface area contributed by atoms with Crippen LogP contribution in [-0.2, 0) is 11.3 Å². The summed E-state index contributed by atoms with van der Waals surface area (Å²) in [4.78, 5) is 12.8. The molecule has 0 aromatic carbocycles. The monoisotopic (exact) mass is 283 g/mol. The largest absolute Gasteiger partial charge is 0.374 e. The van der Waals surface area contributed by atoms with Crippen LogP contribution in [0.25, 0.3) is 0 Å². The van der Waals surface area contributed by atoms with E-state index in [4.69, 9.17) is 4.74 Å². The normalized spacial score (nSPS) is 19.1. The lowest BCUT2D eigenvalue weighted by molar-refractivity contribution is -0.384. The van der Waals surface area contributed by atoms with E-state index in [1.165, 1.54) is 0 Å². The van der Waals surface area contributed by atoms with Crippen molar-refractivity contribution >= 4 is 11.5 Å². The number of anilines is 1. The fraction of sp³-hybridized carbons (Fsp3) is 0.750. The number of rotatable bonds is 5. The highest BCUT2D eigenvalue weighted by Crippen LogP contribution is 2.31. The molecule has 1 saturated heterocycles. The number of likely N-dealkylation sites (N-methyl/N-ethyl adjacent to an activating group) is 1. The molecule has 1 atom stereocenters. The number of ether oxygens (including phenoxy) is 1. The van der Waals surface area contributed by atoms with Crippen LogP contribution in [0.1, 0.15) is 12.6 Å². The maximum atomic E-state index is 11.3. The van der Waals surface area contributed by atoms with Gasteiger partial charge in [-0.2, -0.15) is 5.10 Å². The van der Waals surface area contributed by atoms with Gasteiger partial charge in [0, 0.05) is 33.2 Å². The Morgan fingerprint density at radius 3 is 2.95 bits per heavy atom.